The largest absolute Gasteiger partial charge is 0.481 e. The maximum Gasteiger partial charge on any atom is 0.305 e. The van der Waals surface area contributed by atoms with E-state index in [4.69, 9.17) is 5.11 Å². The summed E-state index contributed by atoms with van der Waals surface area (Å²) in [5.41, 5.74) is 1.51. The Hall–Kier alpha value is -2.30. The SMILES string of the molecule is CCCC(CC(=O)O)NC(=O)c1ccc2[nH]ccc2c1. The number of fused-ring (bicyclic) bond motifs is 1. The first-order valence-electron chi connectivity index (χ1n) is 6.70. The van der Waals surface area contributed by atoms with Gasteiger partial charge in [0.2, 0.25) is 0 Å². The van der Waals surface area contributed by atoms with Crippen molar-refractivity contribution in [1.82, 2.24) is 10.3 Å². The minimum Gasteiger partial charge on any atom is -0.481 e. The summed E-state index contributed by atoms with van der Waals surface area (Å²) in [6.07, 6.45) is 3.25. The summed E-state index contributed by atoms with van der Waals surface area (Å²) in [5.74, 6) is -1.13. The molecule has 0 aliphatic heterocycles. The number of amides is 1. The average Bonchev–Trinajstić information content (AvgIpc) is 2.85. The van der Waals surface area contributed by atoms with E-state index in [1.165, 1.54) is 0 Å². The van der Waals surface area contributed by atoms with Gasteiger partial charge < -0.3 is 15.4 Å². The smallest absolute Gasteiger partial charge is 0.305 e. The molecule has 3 N–H and O–H groups in total. The van der Waals surface area contributed by atoms with Gasteiger partial charge in [-0.05, 0) is 30.7 Å². The van der Waals surface area contributed by atoms with Crippen LogP contribution >= 0.6 is 0 Å². The van der Waals surface area contributed by atoms with E-state index >= 15 is 0 Å². The van der Waals surface area contributed by atoms with Gasteiger partial charge >= 0.3 is 5.97 Å². The van der Waals surface area contributed by atoms with E-state index in [1.807, 2.05) is 25.3 Å². The highest BCUT2D eigenvalue weighted by Crippen LogP contribution is 2.14. The zero-order valence-corrected chi connectivity index (χ0v) is 11.3. The lowest BCUT2D eigenvalue weighted by atomic mass is 10.1. The summed E-state index contributed by atoms with van der Waals surface area (Å²) in [7, 11) is 0. The molecule has 106 valence electrons. The molecule has 2 aromatic rings. The van der Waals surface area contributed by atoms with Gasteiger partial charge in [-0.25, -0.2) is 0 Å². The van der Waals surface area contributed by atoms with Crippen LogP contribution in [0.2, 0.25) is 0 Å². The molecule has 0 saturated heterocycles. The zero-order valence-electron chi connectivity index (χ0n) is 11.3. The highest BCUT2D eigenvalue weighted by atomic mass is 16.4. The zero-order chi connectivity index (χ0) is 14.5. The van der Waals surface area contributed by atoms with Crippen molar-refractivity contribution in [2.75, 3.05) is 0 Å². The van der Waals surface area contributed by atoms with Crippen LogP contribution in [0.1, 0.15) is 36.5 Å². The first-order valence-corrected chi connectivity index (χ1v) is 6.70. The Bertz CT molecular complexity index is 618. The normalized spacial score (nSPS) is 12.2. The number of H-pyrrole nitrogens is 1. The number of benzene rings is 1. The molecule has 1 unspecified atom stereocenters. The molecule has 1 aromatic carbocycles. The van der Waals surface area contributed by atoms with Gasteiger partial charge in [-0.1, -0.05) is 13.3 Å². The van der Waals surface area contributed by atoms with Crippen molar-refractivity contribution in [2.45, 2.75) is 32.2 Å². The van der Waals surface area contributed by atoms with Crippen LogP contribution in [0.15, 0.2) is 30.5 Å². The number of rotatable bonds is 6. The number of hydrogen-bond acceptors (Lipinski definition) is 2. The molecule has 0 aliphatic rings. The number of aliphatic carboxylic acids is 1. The molecule has 0 radical (unpaired) electrons. The van der Waals surface area contributed by atoms with Crippen LogP contribution < -0.4 is 5.32 Å². The second-order valence-corrected chi connectivity index (χ2v) is 4.84. The first kappa shape index (κ1) is 14.1. The fourth-order valence-corrected chi connectivity index (χ4v) is 2.25. The van der Waals surface area contributed by atoms with Gasteiger partial charge in [0.05, 0.1) is 6.42 Å². The number of carboxylic acid groups (broad SMARTS) is 1. The van der Waals surface area contributed by atoms with Crippen molar-refractivity contribution in [3.8, 4) is 0 Å². The van der Waals surface area contributed by atoms with Gasteiger partial charge in [-0.3, -0.25) is 9.59 Å². The van der Waals surface area contributed by atoms with Gasteiger partial charge in [0, 0.05) is 28.7 Å². The number of carboxylic acids is 1. The number of hydrogen-bond donors (Lipinski definition) is 3. The molecule has 0 spiro atoms. The molecule has 0 saturated carbocycles. The summed E-state index contributed by atoms with van der Waals surface area (Å²) < 4.78 is 0. The summed E-state index contributed by atoms with van der Waals surface area (Å²) in [6.45, 7) is 1.97. The van der Waals surface area contributed by atoms with E-state index in [9.17, 15) is 9.59 Å². The predicted molar refractivity (Wildman–Crippen MR) is 76.7 cm³/mol. The van der Waals surface area contributed by atoms with Crippen LogP contribution in [-0.2, 0) is 4.79 Å². The molecule has 5 heteroatoms. The van der Waals surface area contributed by atoms with Crippen LogP contribution in [0.3, 0.4) is 0 Å². The molecule has 1 aromatic heterocycles. The van der Waals surface area contributed by atoms with Crippen molar-refractivity contribution in [3.63, 3.8) is 0 Å². The molecule has 1 atom stereocenters. The second kappa shape index (κ2) is 6.23. The van der Waals surface area contributed by atoms with Crippen LogP contribution in [0.25, 0.3) is 10.9 Å². The number of carbonyl (C=O) groups excluding carboxylic acids is 1. The standard InChI is InChI=1S/C15H18N2O3/c1-2-3-12(9-14(18)19)17-15(20)11-4-5-13-10(8-11)6-7-16-13/h4-8,12,16H,2-3,9H2,1H3,(H,17,20)(H,18,19). The van der Waals surface area contributed by atoms with Gasteiger partial charge in [-0.2, -0.15) is 0 Å². The second-order valence-electron chi connectivity index (χ2n) is 4.84. The van der Waals surface area contributed by atoms with Crippen LogP contribution in [0.4, 0.5) is 0 Å². The molecular formula is C15H18N2O3. The lowest BCUT2D eigenvalue weighted by Gasteiger charge is -2.16. The lowest BCUT2D eigenvalue weighted by molar-refractivity contribution is -0.137. The summed E-state index contributed by atoms with van der Waals surface area (Å²) in [5, 5.41) is 12.6. The van der Waals surface area contributed by atoms with Gasteiger partial charge in [-0.15, -0.1) is 0 Å². The van der Waals surface area contributed by atoms with Crippen LogP contribution in [0.5, 0.6) is 0 Å². The molecule has 2 rings (SSSR count). The number of aromatic nitrogens is 1. The van der Waals surface area contributed by atoms with Gasteiger partial charge in [0.25, 0.3) is 5.91 Å². The quantitative estimate of drug-likeness (QED) is 0.757. The van der Waals surface area contributed by atoms with Crippen LogP contribution in [-0.4, -0.2) is 28.0 Å². The van der Waals surface area contributed by atoms with E-state index in [-0.39, 0.29) is 18.4 Å². The highest BCUT2D eigenvalue weighted by molar-refractivity contribution is 5.98. The summed E-state index contributed by atoms with van der Waals surface area (Å²) in [6, 6.07) is 6.94. The number of carbonyl (C=O) groups is 2. The maximum absolute atomic E-state index is 12.2. The molecule has 0 aliphatic carbocycles. The molecular weight excluding hydrogens is 256 g/mol. The Morgan fingerprint density at radius 3 is 2.85 bits per heavy atom. The predicted octanol–water partition coefficient (Wildman–Crippen LogP) is 2.54. The van der Waals surface area contributed by atoms with E-state index in [0.29, 0.717) is 12.0 Å². The number of aromatic amines is 1. The van der Waals surface area contributed by atoms with E-state index in [0.717, 1.165) is 17.3 Å². The molecule has 0 fully saturated rings. The van der Waals surface area contributed by atoms with E-state index < -0.39 is 5.97 Å². The Morgan fingerprint density at radius 1 is 1.35 bits per heavy atom. The van der Waals surface area contributed by atoms with Crippen molar-refractivity contribution in [3.05, 3.63) is 36.0 Å². The van der Waals surface area contributed by atoms with Crippen molar-refractivity contribution in [2.24, 2.45) is 0 Å². The Kier molecular flexibility index (Phi) is 4.40. The summed E-state index contributed by atoms with van der Waals surface area (Å²) >= 11 is 0. The fourth-order valence-electron chi connectivity index (χ4n) is 2.25. The van der Waals surface area contributed by atoms with Gasteiger partial charge in [0.1, 0.15) is 0 Å². The van der Waals surface area contributed by atoms with Crippen LogP contribution in [0, 0.1) is 0 Å². The van der Waals surface area contributed by atoms with Gasteiger partial charge in [0.15, 0.2) is 0 Å². The molecule has 1 heterocycles. The Morgan fingerprint density at radius 2 is 2.15 bits per heavy atom. The third kappa shape index (κ3) is 3.38. The minimum atomic E-state index is -0.898. The Balaban J connectivity index is 2.10. The monoisotopic (exact) mass is 274 g/mol. The topological polar surface area (TPSA) is 82.2 Å². The van der Waals surface area contributed by atoms with Crippen molar-refractivity contribution < 1.29 is 14.7 Å². The summed E-state index contributed by atoms with van der Waals surface area (Å²) in [4.78, 5) is 26.0. The van der Waals surface area contributed by atoms with Crippen molar-refractivity contribution in [1.29, 1.82) is 0 Å². The highest BCUT2D eigenvalue weighted by Gasteiger charge is 2.16. The third-order valence-electron chi connectivity index (χ3n) is 3.21. The first-order chi connectivity index (χ1) is 9.60. The van der Waals surface area contributed by atoms with E-state index in [1.54, 1.807) is 12.1 Å². The lowest BCUT2D eigenvalue weighted by Crippen LogP contribution is -2.36. The molecule has 0 bridgehead atoms. The van der Waals surface area contributed by atoms with E-state index in [2.05, 4.69) is 10.3 Å². The number of nitrogens with one attached hydrogen (secondary N) is 2. The minimum absolute atomic E-state index is 0.0496. The maximum atomic E-state index is 12.2. The van der Waals surface area contributed by atoms with Crippen molar-refractivity contribution >= 4 is 22.8 Å². The molecule has 5 nitrogen and oxygen atoms in total. The molecule has 20 heavy (non-hydrogen) atoms. The Labute approximate surface area is 117 Å². The third-order valence-corrected chi connectivity index (χ3v) is 3.21. The average molecular weight is 274 g/mol. The molecule has 1 amide bonds. The fraction of sp³-hybridized carbons (Fsp3) is 0.333.